The monoisotopic (exact) mass is 218 g/mol. The van der Waals surface area contributed by atoms with E-state index in [1.165, 1.54) is 19.3 Å². The molecule has 1 aromatic heterocycles. The summed E-state index contributed by atoms with van der Waals surface area (Å²) in [6.45, 7) is 0. The first kappa shape index (κ1) is 11.1. The number of hydrogen-bond donors (Lipinski definition) is 0. The zero-order valence-electron chi connectivity index (χ0n) is 9.78. The molecule has 0 saturated heterocycles. The van der Waals surface area contributed by atoms with E-state index in [4.69, 9.17) is 0 Å². The second-order valence-electron chi connectivity index (χ2n) is 4.35. The van der Waals surface area contributed by atoms with Crippen LogP contribution in [0.25, 0.3) is 0 Å². The quantitative estimate of drug-likeness (QED) is 0.715. The van der Waals surface area contributed by atoms with Gasteiger partial charge in [0.2, 0.25) is 5.78 Å². The molecule has 1 aliphatic carbocycles. The molecule has 0 bridgehead atoms. The van der Waals surface area contributed by atoms with Crippen molar-refractivity contribution in [1.29, 1.82) is 0 Å². The van der Waals surface area contributed by atoms with Gasteiger partial charge in [0, 0.05) is 13.2 Å². The summed E-state index contributed by atoms with van der Waals surface area (Å²) in [5, 5.41) is 4.04. The van der Waals surface area contributed by atoms with Gasteiger partial charge < -0.3 is 0 Å². The molecule has 0 unspecified atom stereocenters. The molecule has 0 aliphatic heterocycles. The molecule has 86 valence electrons. The lowest BCUT2D eigenvalue weighted by atomic mass is 9.96. The largest absolute Gasteiger partial charge is 0.287 e. The average molecular weight is 218 g/mol. The van der Waals surface area contributed by atoms with Crippen LogP contribution in [0.5, 0.6) is 0 Å². The van der Waals surface area contributed by atoms with Crippen molar-refractivity contribution in [2.24, 2.45) is 7.05 Å². The van der Waals surface area contributed by atoms with E-state index in [0.29, 0.717) is 5.69 Å². The van der Waals surface area contributed by atoms with Crippen LogP contribution in [0, 0.1) is 0 Å². The first-order valence-electron chi connectivity index (χ1n) is 6.01. The lowest BCUT2D eigenvalue weighted by Gasteiger charge is -2.10. The minimum Gasteiger partial charge on any atom is -0.287 e. The van der Waals surface area contributed by atoms with Gasteiger partial charge in [-0.05, 0) is 37.3 Å². The summed E-state index contributed by atoms with van der Waals surface area (Å²) in [7, 11) is 1.82. The van der Waals surface area contributed by atoms with E-state index in [1.54, 1.807) is 16.9 Å². The van der Waals surface area contributed by atoms with Crippen molar-refractivity contribution in [2.75, 3.05) is 0 Å². The van der Waals surface area contributed by atoms with Crippen LogP contribution in [0.3, 0.4) is 0 Å². The van der Waals surface area contributed by atoms with Crippen LogP contribution in [0.15, 0.2) is 23.9 Å². The van der Waals surface area contributed by atoms with Crippen LogP contribution in [-0.4, -0.2) is 15.6 Å². The summed E-state index contributed by atoms with van der Waals surface area (Å²) in [4.78, 5) is 12.2. The smallest absolute Gasteiger partial charge is 0.206 e. The van der Waals surface area contributed by atoms with Gasteiger partial charge in [0.05, 0.1) is 0 Å². The number of aromatic nitrogens is 2. The fourth-order valence-corrected chi connectivity index (χ4v) is 2.16. The van der Waals surface area contributed by atoms with Crippen LogP contribution in [0.1, 0.15) is 49.0 Å². The number of rotatable bonds is 2. The number of carbonyl (C=O) groups is 1. The molecule has 0 amide bonds. The topological polar surface area (TPSA) is 34.9 Å². The fraction of sp³-hybridized carbons (Fsp3) is 0.538. The number of nitrogens with zero attached hydrogens (tertiary/aromatic N) is 2. The molecule has 0 aromatic carbocycles. The summed E-state index contributed by atoms with van der Waals surface area (Å²) in [5.74, 6) is 0.155. The summed E-state index contributed by atoms with van der Waals surface area (Å²) in [5.41, 5.74) is 1.68. The average Bonchev–Trinajstić information content (AvgIpc) is 2.63. The number of carbonyl (C=O) groups excluding carboxylic acids is 1. The highest BCUT2D eigenvalue weighted by molar-refractivity contribution is 6.07. The third-order valence-electron chi connectivity index (χ3n) is 3.14. The standard InChI is InChI=1S/C13H18N2O/c1-15-12(9-10-14-15)13(16)11-7-5-3-2-4-6-8-11/h7,9-10H,2-6,8H2,1H3/b11-7+. The number of allylic oxidation sites excluding steroid dienone is 2. The maximum absolute atomic E-state index is 12.2. The van der Waals surface area contributed by atoms with Crippen molar-refractivity contribution >= 4 is 5.78 Å². The van der Waals surface area contributed by atoms with Crippen molar-refractivity contribution in [3.05, 3.63) is 29.6 Å². The molecule has 0 saturated carbocycles. The molecular formula is C13H18N2O. The van der Waals surface area contributed by atoms with E-state index in [1.807, 2.05) is 7.05 Å². The lowest BCUT2D eigenvalue weighted by molar-refractivity contribution is 0.102. The van der Waals surface area contributed by atoms with Crippen molar-refractivity contribution in [3.8, 4) is 0 Å². The summed E-state index contributed by atoms with van der Waals surface area (Å²) in [6.07, 6.45) is 10.6. The molecule has 1 aromatic rings. The Kier molecular flexibility index (Phi) is 3.54. The fourth-order valence-electron chi connectivity index (χ4n) is 2.16. The van der Waals surface area contributed by atoms with Crippen LogP contribution in [0.2, 0.25) is 0 Å². The molecular weight excluding hydrogens is 200 g/mol. The maximum Gasteiger partial charge on any atom is 0.206 e. The number of Topliss-reactive ketones (excluding diaryl/α,β-unsaturated/α-hetero) is 1. The highest BCUT2D eigenvalue weighted by atomic mass is 16.1. The van der Waals surface area contributed by atoms with Gasteiger partial charge in [0.1, 0.15) is 5.69 Å². The zero-order chi connectivity index (χ0) is 11.4. The van der Waals surface area contributed by atoms with Crippen molar-refractivity contribution in [2.45, 2.75) is 38.5 Å². The molecule has 0 spiro atoms. The molecule has 0 fully saturated rings. The molecule has 3 nitrogen and oxygen atoms in total. The highest BCUT2D eigenvalue weighted by Crippen LogP contribution is 2.20. The Balaban J connectivity index is 2.17. The molecule has 2 rings (SSSR count). The summed E-state index contributed by atoms with van der Waals surface area (Å²) >= 11 is 0. The van der Waals surface area contributed by atoms with Gasteiger partial charge in [-0.1, -0.05) is 18.9 Å². The zero-order valence-corrected chi connectivity index (χ0v) is 9.78. The van der Waals surface area contributed by atoms with E-state index < -0.39 is 0 Å². The van der Waals surface area contributed by atoms with E-state index in [0.717, 1.165) is 24.8 Å². The number of hydrogen-bond acceptors (Lipinski definition) is 2. The first-order chi connectivity index (χ1) is 7.79. The Morgan fingerprint density at radius 2 is 2.12 bits per heavy atom. The molecule has 16 heavy (non-hydrogen) atoms. The molecule has 0 N–H and O–H groups in total. The van der Waals surface area contributed by atoms with Crippen molar-refractivity contribution in [3.63, 3.8) is 0 Å². The van der Waals surface area contributed by atoms with Gasteiger partial charge in [-0.15, -0.1) is 0 Å². The minimum absolute atomic E-state index is 0.155. The van der Waals surface area contributed by atoms with Crippen LogP contribution in [0.4, 0.5) is 0 Å². The van der Waals surface area contributed by atoms with E-state index in [2.05, 4.69) is 11.2 Å². The number of ketones is 1. The van der Waals surface area contributed by atoms with Crippen molar-refractivity contribution < 1.29 is 4.79 Å². The van der Waals surface area contributed by atoms with Crippen LogP contribution >= 0.6 is 0 Å². The Hall–Kier alpha value is -1.38. The van der Waals surface area contributed by atoms with Gasteiger partial charge in [0.25, 0.3) is 0 Å². The molecule has 3 heteroatoms. The second kappa shape index (κ2) is 5.10. The summed E-state index contributed by atoms with van der Waals surface area (Å²) < 4.78 is 1.65. The predicted octanol–water partition coefficient (Wildman–Crippen LogP) is 2.88. The van der Waals surface area contributed by atoms with E-state index in [9.17, 15) is 4.79 Å². The van der Waals surface area contributed by atoms with Gasteiger partial charge in [-0.25, -0.2) is 0 Å². The lowest BCUT2D eigenvalue weighted by Crippen LogP contribution is -2.10. The Labute approximate surface area is 96.2 Å². The minimum atomic E-state index is 0.155. The maximum atomic E-state index is 12.2. The van der Waals surface area contributed by atoms with Gasteiger partial charge >= 0.3 is 0 Å². The second-order valence-corrected chi connectivity index (χ2v) is 4.35. The Morgan fingerprint density at radius 1 is 1.31 bits per heavy atom. The van der Waals surface area contributed by atoms with Gasteiger partial charge in [0.15, 0.2) is 0 Å². The van der Waals surface area contributed by atoms with Crippen LogP contribution < -0.4 is 0 Å². The highest BCUT2D eigenvalue weighted by Gasteiger charge is 2.15. The van der Waals surface area contributed by atoms with Gasteiger partial charge in [-0.3, -0.25) is 9.48 Å². The Bertz CT molecular complexity index is 404. The molecule has 1 heterocycles. The molecule has 0 radical (unpaired) electrons. The predicted molar refractivity (Wildman–Crippen MR) is 63.3 cm³/mol. The Morgan fingerprint density at radius 3 is 2.88 bits per heavy atom. The first-order valence-corrected chi connectivity index (χ1v) is 6.01. The normalized spacial score (nSPS) is 20.7. The molecule has 0 atom stereocenters. The van der Waals surface area contributed by atoms with Crippen LogP contribution in [-0.2, 0) is 7.05 Å². The third kappa shape index (κ3) is 2.40. The van der Waals surface area contributed by atoms with Gasteiger partial charge in [-0.2, -0.15) is 5.10 Å². The van der Waals surface area contributed by atoms with Crippen molar-refractivity contribution in [1.82, 2.24) is 9.78 Å². The number of aryl methyl sites for hydroxylation is 1. The third-order valence-corrected chi connectivity index (χ3v) is 3.14. The van der Waals surface area contributed by atoms with E-state index in [-0.39, 0.29) is 5.78 Å². The summed E-state index contributed by atoms with van der Waals surface area (Å²) in [6, 6.07) is 1.79. The SMILES string of the molecule is Cn1nccc1C(=O)/C1=C/CCCCCC1. The van der Waals surface area contributed by atoms with E-state index >= 15 is 0 Å². The molecule has 1 aliphatic rings.